The zero-order chi connectivity index (χ0) is 18.5. The molecule has 0 aliphatic carbocycles. The Morgan fingerprint density at radius 3 is 2.46 bits per heavy atom. The summed E-state index contributed by atoms with van der Waals surface area (Å²) in [6.45, 7) is 1.26. The molecule has 1 saturated heterocycles. The number of rotatable bonds is 5. The summed E-state index contributed by atoms with van der Waals surface area (Å²) in [7, 11) is 0. The topological polar surface area (TPSA) is 88.6 Å². The number of aromatic nitrogens is 1. The van der Waals surface area contributed by atoms with Crippen LogP contribution < -0.4 is 5.32 Å². The fourth-order valence-corrected chi connectivity index (χ4v) is 2.85. The molecule has 1 aliphatic rings. The first-order valence-electron chi connectivity index (χ1n) is 8.22. The molecular weight excluding hydrogens is 334 g/mol. The maximum Gasteiger partial charge on any atom is 0.255 e. The third-order valence-corrected chi connectivity index (χ3v) is 4.20. The van der Waals surface area contributed by atoms with E-state index in [9.17, 15) is 14.4 Å². The Morgan fingerprint density at radius 2 is 1.81 bits per heavy atom. The number of nitrogens with one attached hydrogen (secondary N) is 1. The van der Waals surface area contributed by atoms with Crippen LogP contribution in [-0.4, -0.2) is 47.4 Å². The molecule has 2 aromatic rings. The molecule has 0 bridgehead atoms. The lowest BCUT2D eigenvalue weighted by Gasteiger charge is -2.26. The van der Waals surface area contributed by atoms with Gasteiger partial charge in [-0.05, 0) is 35.7 Å². The molecule has 134 valence electrons. The van der Waals surface area contributed by atoms with E-state index in [0.29, 0.717) is 0 Å². The van der Waals surface area contributed by atoms with Gasteiger partial charge in [0.1, 0.15) is 19.8 Å². The molecule has 1 atom stereocenters. The van der Waals surface area contributed by atoms with E-state index in [0.717, 1.165) is 21.6 Å². The van der Waals surface area contributed by atoms with Crippen LogP contribution in [0.15, 0.2) is 48.8 Å². The standard InChI is InChI=1S/C19H19N3O4/c1-13-4-2-3-5-15(13)19(14-6-8-20-9-7-14)21-16(23)10-22-17(24)11-26-12-18(22)25/h2-9,19H,10-12H2,1H3,(H,21,23). The summed E-state index contributed by atoms with van der Waals surface area (Å²) in [5.41, 5.74) is 2.82. The van der Waals surface area contributed by atoms with Crippen LogP contribution in [-0.2, 0) is 19.1 Å². The number of morpholine rings is 1. The molecule has 1 aromatic carbocycles. The van der Waals surface area contributed by atoms with Crippen molar-refractivity contribution in [3.05, 3.63) is 65.5 Å². The summed E-state index contributed by atoms with van der Waals surface area (Å²) in [6.07, 6.45) is 3.31. The lowest BCUT2D eigenvalue weighted by Crippen LogP contribution is -2.50. The van der Waals surface area contributed by atoms with E-state index in [1.54, 1.807) is 12.4 Å². The molecule has 26 heavy (non-hydrogen) atoms. The van der Waals surface area contributed by atoms with E-state index in [1.165, 1.54) is 0 Å². The van der Waals surface area contributed by atoms with E-state index in [2.05, 4.69) is 10.3 Å². The Bertz CT molecular complexity index is 807. The van der Waals surface area contributed by atoms with Gasteiger partial charge in [-0.25, -0.2) is 0 Å². The van der Waals surface area contributed by atoms with Crippen LogP contribution in [0, 0.1) is 6.92 Å². The number of imide groups is 1. The molecule has 2 heterocycles. The van der Waals surface area contributed by atoms with Gasteiger partial charge in [0.2, 0.25) is 5.91 Å². The van der Waals surface area contributed by atoms with Crippen molar-refractivity contribution in [2.24, 2.45) is 0 Å². The number of hydrogen-bond acceptors (Lipinski definition) is 5. The third kappa shape index (κ3) is 3.94. The average Bonchev–Trinajstić information content (AvgIpc) is 2.64. The molecule has 1 fully saturated rings. The van der Waals surface area contributed by atoms with Crippen molar-refractivity contribution in [1.29, 1.82) is 0 Å². The lowest BCUT2D eigenvalue weighted by atomic mass is 9.95. The Labute approximate surface area is 151 Å². The smallest absolute Gasteiger partial charge is 0.255 e. The second kappa shape index (κ2) is 7.88. The third-order valence-electron chi connectivity index (χ3n) is 4.20. The van der Waals surface area contributed by atoms with Crippen LogP contribution in [0.25, 0.3) is 0 Å². The van der Waals surface area contributed by atoms with E-state index in [4.69, 9.17) is 4.74 Å². The quantitative estimate of drug-likeness (QED) is 0.810. The molecule has 0 radical (unpaired) electrons. The summed E-state index contributed by atoms with van der Waals surface area (Å²) in [5.74, 6) is -1.43. The van der Waals surface area contributed by atoms with Crippen LogP contribution in [0.2, 0.25) is 0 Å². The first-order chi connectivity index (χ1) is 12.6. The molecule has 0 saturated carbocycles. The minimum Gasteiger partial charge on any atom is -0.362 e. The molecule has 3 amide bonds. The molecule has 7 heteroatoms. The predicted octanol–water partition coefficient (Wildman–Crippen LogP) is 0.981. The summed E-state index contributed by atoms with van der Waals surface area (Å²) < 4.78 is 4.86. The van der Waals surface area contributed by atoms with Gasteiger partial charge < -0.3 is 10.1 Å². The van der Waals surface area contributed by atoms with Gasteiger partial charge in [-0.1, -0.05) is 24.3 Å². The van der Waals surface area contributed by atoms with Crippen LogP contribution in [0.5, 0.6) is 0 Å². The number of carbonyl (C=O) groups is 3. The molecule has 1 aliphatic heterocycles. The van der Waals surface area contributed by atoms with E-state index < -0.39 is 23.8 Å². The summed E-state index contributed by atoms with van der Waals surface area (Å²) in [6, 6.07) is 11.0. The van der Waals surface area contributed by atoms with Crippen molar-refractivity contribution < 1.29 is 19.1 Å². The van der Waals surface area contributed by atoms with Gasteiger partial charge in [-0.2, -0.15) is 0 Å². The highest BCUT2D eigenvalue weighted by Gasteiger charge is 2.29. The Kier molecular flexibility index (Phi) is 5.38. The number of amides is 3. The van der Waals surface area contributed by atoms with Gasteiger partial charge in [0, 0.05) is 12.4 Å². The first-order valence-corrected chi connectivity index (χ1v) is 8.22. The number of ether oxygens (including phenoxy) is 1. The van der Waals surface area contributed by atoms with Crippen LogP contribution >= 0.6 is 0 Å². The monoisotopic (exact) mass is 353 g/mol. The van der Waals surface area contributed by atoms with Crippen LogP contribution in [0.3, 0.4) is 0 Å². The molecule has 7 nitrogen and oxygen atoms in total. The van der Waals surface area contributed by atoms with E-state index in [1.807, 2.05) is 43.3 Å². The van der Waals surface area contributed by atoms with Crippen molar-refractivity contribution in [2.45, 2.75) is 13.0 Å². The second-order valence-electron chi connectivity index (χ2n) is 6.00. The van der Waals surface area contributed by atoms with Gasteiger partial charge in [0.05, 0.1) is 6.04 Å². The number of pyridine rings is 1. The molecule has 1 N–H and O–H groups in total. The largest absolute Gasteiger partial charge is 0.362 e. The zero-order valence-electron chi connectivity index (χ0n) is 14.3. The minimum absolute atomic E-state index is 0.190. The zero-order valence-corrected chi connectivity index (χ0v) is 14.3. The maximum atomic E-state index is 12.6. The van der Waals surface area contributed by atoms with Gasteiger partial charge in [-0.3, -0.25) is 24.3 Å². The van der Waals surface area contributed by atoms with Gasteiger partial charge in [0.15, 0.2) is 0 Å². The van der Waals surface area contributed by atoms with Crippen molar-refractivity contribution >= 4 is 17.7 Å². The number of hydrogen-bond donors (Lipinski definition) is 1. The van der Waals surface area contributed by atoms with Gasteiger partial charge in [-0.15, -0.1) is 0 Å². The summed E-state index contributed by atoms with van der Waals surface area (Å²) >= 11 is 0. The molecular formula is C19H19N3O4. The highest BCUT2D eigenvalue weighted by Crippen LogP contribution is 2.24. The first kappa shape index (κ1) is 17.8. The summed E-state index contributed by atoms with van der Waals surface area (Å²) in [4.78, 5) is 41.1. The molecule has 1 unspecified atom stereocenters. The SMILES string of the molecule is Cc1ccccc1C(NC(=O)CN1C(=O)COCC1=O)c1ccncc1. The molecule has 1 aromatic heterocycles. The maximum absolute atomic E-state index is 12.6. The fourth-order valence-electron chi connectivity index (χ4n) is 2.85. The summed E-state index contributed by atoms with van der Waals surface area (Å²) in [5, 5.41) is 2.93. The van der Waals surface area contributed by atoms with E-state index in [-0.39, 0.29) is 19.8 Å². The van der Waals surface area contributed by atoms with Crippen molar-refractivity contribution in [3.8, 4) is 0 Å². The van der Waals surface area contributed by atoms with Gasteiger partial charge in [0.25, 0.3) is 11.8 Å². The molecule has 0 spiro atoms. The van der Waals surface area contributed by atoms with Gasteiger partial charge >= 0.3 is 0 Å². The Balaban J connectivity index is 1.82. The number of aryl methyl sites for hydroxylation is 1. The predicted molar refractivity (Wildman–Crippen MR) is 92.9 cm³/mol. The molecule has 3 rings (SSSR count). The van der Waals surface area contributed by atoms with Crippen molar-refractivity contribution in [3.63, 3.8) is 0 Å². The fraction of sp³-hybridized carbons (Fsp3) is 0.263. The van der Waals surface area contributed by atoms with Crippen LogP contribution in [0.1, 0.15) is 22.7 Å². The highest BCUT2D eigenvalue weighted by molar-refractivity contribution is 6.01. The van der Waals surface area contributed by atoms with Crippen LogP contribution in [0.4, 0.5) is 0 Å². The normalized spacial score (nSPS) is 15.7. The highest BCUT2D eigenvalue weighted by atomic mass is 16.5. The average molecular weight is 353 g/mol. The number of nitrogens with zero attached hydrogens (tertiary/aromatic N) is 2. The van der Waals surface area contributed by atoms with E-state index >= 15 is 0 Å². The minimum atomic E-state index is -0.507. The second-order valence-corrected chi connectivity index (χ2v) is 6.00. The Hall–Kier alpha value is -3.06. The number of benzene rings is 1. The lowest BCUT2D eigenvalue weighted by molar-refractivity contribution is -0.160. The van der Waals surface area contributed by atoms with Crippen molar-refractivity contribution in [1.82, 2.24) is 15.2 Å². The Morgan fingerprint density at radius 1 is 1.15 bits per heavy atom. The number of carbonyl (C=O) groups excluding carboxylic acids is 3. The van der Waals surface area contributed by atoms with Crippen molar-refractivity contribution in [2.75, 3.05) is 19.8 Å².